The molecule has 2 heterocycles. The van der Waals surface area contributed by atoms with Gasteiger partial charge in [0.25, 0.3) is 0 Å². The third kappa shape index (κ3) is 1.94. The molecule has 104 valence electrons. The first-order valence-electron chi connectivity index (χ1n) is 6.62. The molecule has 2 aromatic carbocycles. The maximum absolute atomic E-state index is 12.5. The van der Waals surface area contributed by atoms with Gasteiger partial charge in [0.1, 0.15) is 5.75 Å². The van der Waals surface area contributed by atoms with Gasteiger partial charge in [0.2, 0.25) is 5.78 Å². The Hall–Kier alpha value is -2.82. The first kappa shape index (κ1) is 12.0. The number of aromatic nitrogens is 1. The van der Waals surface area contributed by atoms with Crippen molar-refractivity contribution in [2.75, 3.05) is 0 Å². The average molecular weight is 281 g/mol. The second-order valence-corrected chi connectivity index (χ2v) is 5.01. The number of para-hydroxylation sites is 1. The van der Waals surface area contributed by atoms with Crippen LogP contribution in [0.5, 0.6) is 5.75 Å². The Labute approximate surface area is 119 Å². The number of carbonyl (C=O) groups is 1. The van der Waals surface area contributed by atoms with E-state index in [1.54, 1.807) is 18.2 Å². The molecule has 5 nitrogen and oxygen atoms in total. The molecule has 4 rings (SSSR count). The second-order valence-electron chi connectivity index (χ2n) is 5.01. The van der Waals surface area contributed by atoms with Crippen molar-refractivity contribution in [2.45, 2.75) is 12.5 Å². The molecule has 0 fully saturated rings. The molecule has 21 heavy (non-hydrogen) atoms. The Balaban J connectivity index is 1.66. The zero-order chi connectivity index (χ0) is 14.4. The van der Waals surface area contributed by atoms with Gasteiger partial charge in [0.15, 0.2) is 11.7 Å². The van der Waals surface area contributed by atoms with Gasteiger partial charge < -0.3 is 9.15 Å². The van der Waals surface area contributed by atoms with Crippen LogP contribution in [0.3, 0.4) is 0 Å². The number of fused-ring (bicyclic) bond motifs is 2. The van der Waals surface area contributed by atoms with Crippen molar-refractivity contribution in [3.8, 4) is 5.75 Å². The standard InChI is InChI=1S/C16H11NO4/c18-15(14-7-9-3-1-2-4-12(9)20-14)10-5-6-11-13(8-10)21-16(19)17-11/h1-6,8,14H,7H2,(H,17,19). The average Bonchev–Trinajstić information content (AvgIpc) is 3.07. The van der Waals surface area contributed by atoms with Gasteiger partial charge >= 0.3 is 5.76 Å². The van der Waals surface area contributed by atoms with Crippen LogP contribution in [0.25, 0.3) is 11.1 Å². The maximum Gasteiger partial charge on any atom is 0.417 e. The number of carbonyl (C=O) groups excluding carboxylic acids is 1. The van der Waals surface area contributed by atoms with Crippen molar-refractivity contribution in [1.82, 2.24) is 4.98 Å². The van der Waals surface area contributed by atoms with Crippen molar-refractivity contribution in [3.63, 3.8) is 0 Å². The Morgan fingerprint density at radius 3 is 2.90 bits per heavy atom. The quantitative estimate of drug-likeness (QED) is 0.732. The number of nitrogens with one attached hydrogen (secondary N) is 1. The highest BCUT2D eigenvalue weighted by Crippen LogP contribution is 2.30. The molecule has 0 saturated heterocycles. The van der Waals surface area contributed by atoms with Crippen molar-refractivity contribution < 1.29 is 13.9 Å². The number of ketones is 1. The summed E-state index contributed by atoms with van der Waals surface area (Å²) in [5, 5.41) is 0. The SMILES string of the molecule is O=C(c1ccc2[nH]c(=O)oc2c1)C1Cc2ccccc2O1. The lowest BCUT2D eigenvalue weighted by Gasteiger charge is -2.09. The summed E-state index contributed by atoms with van der Waals surface area (Å²) in [6.07, 6.45) is 0.0370. The molecular formula is C16H11NO4. The van der Waals surface area contributed by atoms with Crippen molar-refractivity contribution >= 4 is 16.9 Å². The molecule has 0 bridgehead atoms. The highest BCUT2D eigenvalue weighted by molar-refractivity contribution is 6.02. The third-order valence-electron chi connectivity index (χ3n) is 3.65. The van der Waals surface area contributed by atoms with E-state index in [1.165, 1.54) is 0 Å². The predicted octanol–water partition coefficient (Wildman–Crippen LogP) is 2.31. The van der Waals surface area contributed by atoms with E-state index in [0.717, 1.165) is 11.3 Å². The molecular weight excluding hydrogens is 270 g/mol. The first-order valence-corrected chi connectivity index (χ1v) is 6.62. The lowest BCUT2D eigenvalue weighted by molar-refractivity contribution is 0.0825. The third-order valence-corrected chi connectivity index (χ3v) is 3.65. The first-order chi connectivity index (χ1) is 10.2. The summed E-state index contributed by atoms with van der Waals surface area (Å²) in [6.45, 7) is 0. The summed E-state index contributed by atoms with van der Waals surface area (Å²) in [5.41, 5.74) is 2.46. The van der Waals surface area contributed by atoms with E-state index >= 15 is 0 Å². The van der Waals surface area contributed by atoms with Crippen molar-refractivity contribution in [1.29, 1.82) is 0 Å². The highest BCUT2D eigenvalue weighted by Gasteiger charge is 2.29. The summed E-state index contributed by atoms with van der Waals surface area (Å²) in [5.74, 6) is 0.112. The van der Waals surface area contributed by atoms with Crippen LogP contribution in [-0.2, 0) is 6.42 Å². The minimum absolute atomic E-state index is 0.114. The van der Waals surface area contributed by atoms with Crippen molar-refractivity contribution in [3.05, 3.63) is 64.1 Å². The van der Waals surface area contributed by atoms with Crippen molar-refractivity contribution in [2.24, 2.45) is 0 Å². The Morgan fingerprint density at radius 2 is 2.05 bits per heavy atom. The largest absolute Gasteiger partial charge is 0.482 e. The molecule has 5 heteroatoms. The Morgan fingerprint density at radius 1 is 1.19 bits per heavy atom. The number of hydrogen-bond donors (Lipinski definition) is 1. The van der Waals surface area contributed by atoms with Gasteiger partial charge in [0.05, 0.1) is 5.52 Å². The van der Waals surface area contributed by atoms with Crippen LogP contribution < -0.4 is 10.5 Å². The lowest BCUT2D eigenvalue weighted by atomic mass is 10.0. The van der Waals surface area contributed by atoms with Crippen LogP contribution in [0.2, 0.25) is 0 Å². The molecule has 3 aromatic rings. The van der Waals surface area contributed by atoms with E-state index in [-0.39, 0.29) is 5.78 Å². The molecule has 1 aromatic heterocycles. The summed E-state index contributed by atoms with van der Waals surface area (Å²) < 4.78 is 10.7. The second kappa shape index (κ2) is 4.34. The molecule has 0 aliphatic carbocycles. The zero-order valence-electron chi connectivity index (χ0n) is 11.0. The lowest BCUT2D eigenvalue weighted by Crippen LogP contribution is -2.25. The maximum atomic E-state index is 12.5. The number of oxazole rings is 1. The molecule has 1 N–H and O–H groups in total. The van der Waals surface area contributed by atoms with Crippen LogP contribution in [-0.4, -0.2) is 16.9 Å². The predicted molar refractivity (Wildman–Crippen MR) is 75.7 cm³/mol. The highest BCUT2D eigenvalue weighted by atomic mass is 16.5. The number of benzene rings is 2. The summed E-state index contributed by atoms with van der Waals surface area (Å²) in [4.78, 5) is 26.2. The van der Waals surface area contributed by atoms with Gasteiger partial charge in [-0.3, -0.25) is 9.78 Å². The number of aromatic amines is 1. The number of hydrogen-bond acceptors (Lipinski definition) is 4. The molecule has 0 spiro atoms. The van der Waals surface area contributed by atoms with E-state index in [4.69, 9.17) is 9.15 Å². The van der Waals surface area contributed by atoms with Gasteiger partial charge in [0, 0.05) is 12.0 Å². The van der Waals surface area contributed by atoms with Crippen LogP contribution >= 0.6 is 0 Å². The minimum Gasteiger partial charge on any atom is -0.482 e. The molecule has 0 saturated carbocycles. The normalized spacial score (nSPS) is 16.7. The van der Waals surface area contributed by atoms with Crippen LogP contribution in [0.1, 0.15) is 15.9 Å². The van der Waals surface area contributed by atoms with E-state index in [0.29, 0.717) is 23.1 Å². The number of H-pyrrole nitrogens is 1. The fourth-order valence-electron chi connectivity index (χ4n) is 2.61. The number of ether oxygens (including phenoxy) is 1. The monoisotopic (exact) mass is 281 g/mol. The molecule has 1 atom stereocenters. The molecule has 0 radical (unpaired) electrons. The number of rotatable bonds is 2. The minimum atomic E-state index is -0.529. The zero-order valence-corrected chi connectivity index (χ0v) is 11.0. The smallest absolute Gasteiger partial charge is 0.417 e. The van der Waals surface area contributed by atoms with Gasteiger partial charge in [-0.2, -0.15) is 0 Å². The van der Waals surface area contributed by atoms with Crippen LogP contribution in [0, 0.1) is 0 Å². The Kier molecular flexibility index (Phi) is 2.47. The summed E-state index contributed by atoms with van der Waals surface area (Å²) in [6, 6.07) is 12.5. The van der Waals surface area contributed by atoms with E-state index in [2.05, 4.69) is 4.98 Å². The fraction of sp³-hybridized carbons (Fsp3) is 0.125. The van der Waals surface area contributed by atoms with E-state index < -0.39 is 11.9 Å². The number of Topliss-reactive ketones (excluding diaryl/α,β-unsaturated/α-hetero) is 1. The van der Waals surface area contributed by atoms with Gasteiger partial charge in [-0.25, -0.2) is 4.79 Å². The van der Waals surface area contributed by atoms with Gasteiger partial charge in [-0.1, -0.05) is 18.2 Å². The van der Waals surface area contributed by atoms with E-state index in [1.807, 2.05) is 24.3 Å². The Bertz CT molecular complexity index is 881. The van der Waals surface area contributed by atoms with Gasteiger partial charge in [-0.15, -0.1) is 0 Å². The molecule has 0 amide bonds. The van der Waals surface area contributed by atoms with E-state index in [9.17, 15) is 9.59 Å². The van der Waals surface area contributed by atoms with Gasteiger partial charge in [-0.05, 0) is 29.8 Å². The fourth-order valence-corrected chi connectivity index (χ4v) is 2.61. The molecule has 1 aliphatic rings. The molecule has 1 aliphatic heterocycles. The summed E-state index contributed by atoms with van der Waals surface area (Å²) in [7, 11) is 0. The summed E-state index contributed by atoms with van der Waals surface area (Å²) >= 11 is 0. The van der Waals surface area contributed by atoms with Crippen LogP contribution in [0.15, 0.2) is 51.7 Å². The van der Waals surface area contributed by atoms with Crippen LogP contribution in [0.4, 0.5) is 0 Å². The molecule has 1 unspecified atom stereocenters. The topological polar surface area (TPSA) is 72.3 Å².